The molecule has 0 aliphatic carbocycles. The van der Waals surface area contributed by atoms with E-state index in [2.05, 4.69) is 28.6 Å². The number of hydrogen-bond donors (Lipinski definition) is 1. The molecule has 70 valence electrons. The topological polar surface area (TPSA) is 17.1 Å². The van der Waals surface area contributed by atoms with Crippen LogP contribution in [0.4, 0.5) is 0 Å². The second-order valence-electron chi connectivity index (χ2n) is 2.62. The molecule has 1 nitrogen and oxygen atoms in total. The van der Waals surface area contributed by atoms with Crippen LogP contribution in [0.1, 0.15) is 5.56 Å². The van der Waals surface area contributed by atoms with Gasteiger partial charge >= 0.3 is 0 Å². The summed E-state index contributed by atoms with van der Waals surface area (Å²) in [7, 11) is 0. The fraction of sp³-hybridized carbons (Fsp3) is 0.222. The SMILES string of the molecule is O=C(CBr)Cc1ccc(S)cc1Cl. The Labute approximate surface area is 96.0 Å². The summed E-state index contributed by atoms with van der Waals surface area (Å²) in [5.41, 5.74) is 0.851. The van der Waals surface area contributed by atoms with Gasteiger partial charge in [-0.05, 0) is 17.7 Å². The predicted molar refractivity (Wildman–Crippen MR) is 61.2 cm³/mol. The lowest BCUT2D eigenvalue weighted by Crippen LogP contribution is -2.03. The molecular formula is C9H8BrClOS. The molecule has 0 N–H and O–H groups in total. The van der Waals surface area contributed by atoms with E-state index in [0.717, 1.165) is 10.5 Å². The number of rotatable bonds is 3. The first-order valence-electron chi connectivity index (χ1n) is 3.68. The third-order valence-electron chi connectivity index (χ3n) is 1.57. The van der Waals surface area contributed by atoms with Crippen molar-refractivity contribution in [3.8, 4) is 0 Å². The number of hydrogen-bond acceptors (Lipinski definition) is 2. The minimum atomic E-state index is 0.119. The van der Waals surface area contributed by atoms with Crippen LogP contribution in [0, 0.1) is 0 Å². The lowest BCUT2D eigenvalue weighted by Gasteiger charge is -2.02. The number of Topliss-reactive ketones (excluding diaryl/α,β-unsaturated/α-hetero) is 1. The summed E-state index contributed by atoms with van der Waals surface area (Å²) < 4.78 is 0. The van der Waals surface area contributed by atoms with Crippen molar-refractivity contribution in [3.05, 3.63) is 28.8 Å². The van der Waals surface area contributed by atoms with E-state index in [1.807, 2.05) is 12.1 Å². The number of benzene rings is 1. The molecule has 0 aliphatic heterocycles. The van der Waals surface area contributed by atoms with Crippen LogP contribution >= 0.6 is 40.2 Å². The Balaban J connectivity index is 2.83. The van der Waals surface area contributed by atoms with Crippen LogP contribution in [-0.2, 0) is 11.2 Å². The molecule has 0 aromatic heterocycles. The van der Waals surface area contributed by atoms with Crippen LogP contribution in [0.2, 0.25) is 5.02 Å². The normalized spacial score (nSPS) is 10.1. The smallest absolute Gasteiger partial charge is 0.147 e. The number of halogens is 2. The number of alkyl halides is 1. The van der Waals surface area contributed by atoms with Crippen LogP contribution in [-0.4, -0.2) is 11.1 Å². The first-order valence-corrected chi connectivity index (χ1v) is 5.63. The summed E-state index contributed by atoms with van der Waals surface area (Å²) in [5.74, 6) is 0.119. The first kappa shape index (κ1) is 11.1. The van der Waals surface area contributed by atoms with E-state index in [4.69, 9.17) is 11.6 Å². The maximum atomic E-state index is 11.1. The Morgan fingerprint density at radius 1 is 1.54 bits per heavy atom. The third kappa shape index (κ3) is 3.33. The van der Waals surface area contributed by atoms with Gasteiger partial charge in [-0.25, -0.2) is 0 Å². The fourth-order valence-electron chi connectivity index (χ4n) is 0.939. The van der Waals surface area contributed by atoms with Crippen molar-refractivity contribution in [2.24, 2.45) is 0 Å². The number of carbonyl (C=O) groups excluding carboxylic acids is 1. The lowest BCUT2D eigenvalue weighted by molar-refractivity contribution is -0.115. The Morgan fingerprint density at radius 2 is 2.23 bits per heavy atom. The largest absolute Gasteiger partial charge is 0.298 e. The van der Waals surface area contributed by atoms with Crippen LogP contribution in [0.5, 0.6) is 0 Å². The van der Waals surface area contributed by atoms with Crippen molar-refractivity contribution >= 4 is 45.9 Å². The Kier molecular flexibility index (Phi) is 4.29. The maximum absolute atomic E-state index is 11.1. The molecule has 0 saturated carbocycles. The van der Waals surface area contributed by atoms with Crippen LogP contribution in [0.25, 0.3) is 0 Å². The first-order chi connectivity index (χ1) is 6.13. The van der Waals surface area contributed by atoms with Gasteiger partial charge in [0.1, 0.15) is 5.78 Å². The summed E-state index contributed by atoms with van der Waals surface area (Å²) in [5, 5.41) is 0.966. The molecule has 1 aromatic carbocycles. The van der Waals surface area contributed by atoms with Gasteiger partial charge in [0.2, 0.25) is 0 Å². The van der Waals surface area contributed by atoms with Crippen LogP contribution in [0.15, 0.2) is 23.1 Å². The van der Waals surface area contributed by atoms with Gasteiger partial charge in [0.25, 0.3) is 0 Å². The highest BCUT2D eigenvalue weighted by atomic mass is 79.9. The molecule has 0 heterocycles. The molecule has 13 heavy (non-hydrogen) atoms. The molecule has 0 amide bonds. The van der Waals surface area contributed by atoms with Crippen molar-refractivity contribution in [3.63, 3.8) is 0 Å². The van der Waals surface area contributed by atoms with Gasteiger partial charge in [-0.3, -0.25) is 4.79 Å². The summed E-state index contributed by atoms with van der Waals surface area (Å²) in [6.07, 6.45) is 0.373. The van der Waals surface area contributed by atoms with Gasteiger partial charge in [0.05, 0.1) is 5.33 Å². The van der Waals surface area contributed by atoms with Crippen LogP contribution in [0.3, 0.4) is 0 Å². The van der Waals surface area contributed by atoms with E-state index in [-0.39, 0.29) is 5.78 Å². The minimum Gasteiger partial charge on any atom is -0.298 e. The molecule has 1 rings (SSSR count). The highest BCUT2D eigenvalue weighted by Crippen LogP contribution is 2.20. The van der Waals surface area contributed by atoms with E-state index >= 15 is 0 Å². The lowest BCUT2D eigenvalue weighted by atomic mass is 10.1. The standard InChI is InChI=1S/C9H8BrClOS/c10-5-7(12)3-6-1-2-8(13)4-9(6)11/h1-2,4,13H,3,5H2. The molecule has 0 aliphatic rings. The van der Waals surface area contributed by atoms with E-state index in [1.165, 1.54) is 0 Å². The highest BCUT2D eigenvalue weighted by molar-refractivity contribution is 9.09. The van der Waals surface area contributed by atoms with Gasteiger partial charge in [-0.15, -0.1) is 12.6 Å². The zero-order valence-electron chi connectivity index (χ0n) is 6.76. The molecule has 4 heteroatoms. The predicted octanol–water partition coefficient (Wildman–Crippen LogP) is 3.14. The van der Waals surface area contributed by atoms with Crippen molar-refractivity contribution in [2.45, 2.75) is 11.3 Å². The molecule has 0 spiro atoms. The Bertz CT molecular complexity index is 327. The molecule has 0 bridgehead atoms. The highest BCUT2D eigenvalue weighted by Gasteiger charge is 2.05. The number of ketones is 1. The van der Waals surface area contributed by atoms with E-state index in [9.17, 15) is 4.79 Å². The molecule has 0 saturated heterocycles. The average Bonchev–Trinajstić information content (AvgIpc) is 2.09. The second kappa shape index (κ2) is 5.03. The summed E-state index contributed by atoms with van der Waals surface area (Å²) >= 11 is 13.2. The summed E-state index contributed by atoms with van der Waals surface area (Å²) in [6, 6.07) is 5.39. The Hall–Kier alpha value is 0.01000. The molecule has 0 unspecified atom stereocenters. The van der Waals surface area contributed by atoms with Crippen molar-refractivity contribution in [1.29, 1.82) is 0 Å². The number of carbonyl (C=O) groups is 1. The zero-order chi connectivity index (χ0) is 9.84. The summed E-state index contributed by atoms with van der Waals surface area (Å²) in [4.78, 5) is 11.9. The monoisotopic (exact) mass is 278 g/mol. The molecule has 0 fully saturated rings. The van der Waals surface area contributed by atoms with Gasteiger partial charge in [-0.1, -0.05) is 33.6 Å². The van der Waals surface area contributed by atoms with E-state index < -0.39 is 0 Å². The fourth-order valence-corrected chi connectivity index (χ4v) is 1.66. The van der Waals surface area contributed by atoms with Crippen molar-refractivity contribution in [1.82, 2.24) is 0 Å². The van der Waals surface area contributed by atoms with E-state index in [0.29, 0.717) is 16.8 Å². The van der Waals surface area contributed by atoms with Gasteiger partial charge in [0.15, 0.2) is 0 Å². The van der Waals surface area contributed by atoms with Gasteiger partial charge in [0, 0.05) is 16.3 Å². The van der Waals surface area contributed by atoms with Crippen molar-refractivity contribution in [2.75, 3.05) is 5.33 Å². The molecule has 0 radical (unpaired) electrons. The van der Waals surface area contributed by atoms with Crippen LogP contribution < -0.4 is 0 Å². The number of thiol groups is 1. The average molecular weight is 280 g/mol. The Morgan fingerprint density at radius 3 is 2.77 bits per heavy atom. The quantitative estimate of drug-likeness (QED) is 0.664. The minimum absolute atomic E-state index is 0.119. The van der Waals surface area contributed by atoms with Crippen molar-refractivity contribution < 1.29 is 4.79 Å². The molecule has 1 aromatic rings. The molecular weight excluding hydrogens is 272 g/mol. The third-order valence-corrected chi connectivity index (χ3v) is 2.83. The second-order valence-corrected chi connectivity index (χ2v) is 4.11. The van der Waals surface area contributed by atoms with Gasteiger partial charge in [-0.2, -0.15) is 0 Å². The van der Waals surface area contributed by atoms with E-state index in [1.54, 1.807) is 6.07 Å². The maximum Gasteiger partial charge on any atom is 0.147 e. The molecule has 0 atom stereocenters. The van der Waals surface area contributed by atoms with Gasteiger partial charge < -0.3 is 0 Å². The summed E-state index contributed by atoms with van der Waals surface area (Å²) in [6.45, 7) is 0. The zero-order valence-corrected chi connectivity index (χ0v) is 9.99.